The van der Waals surface area contributed by atoms with Gasteiger partial charge in [0.2, 0.25) is 17.5 Å². The van der Waals surface area contributed by atoms with E-state index in [2.05, 4.69) is 9.97 Å². The van der Waals surface area contributed by atoms with Crippen molar-refractivity contribution in [3.05, 3.63) is 18.0 Å². The minimum absolute atomic E-state index is 0.300. The number of fused-ring (bicyclic) bond motifs is 1. The molecule has 0 fully saturated rings. The lowest BCUT2D eigenvalue weighted by Crippen LogP contribution is -1.97. The van der Waals surface area contributed by atoms with Gasteiger partial charge in [0, 0.05) is 6.20 Å². The van der Waals surface area contributed by atoms with Crippen LogP contribution in [-0.4, -0.2) is 34.9 Å². The third-order valence-electron chi connectivity index (χ3n) is 1.94. The summed E-state index contributed by atoms with van der Waals surface area (Å²) >= 11 is 0. The molecule has 15 heavy (non-hydrogen) atoms. The van der Waals surface area contributed by atoms with Crippen LogP contribution in [0.2, 0.25) is 0 Å². The maximum absolute atomic E-state index is 10.6. The number of carbonyl (C=O) groups excluding carboxylic acids is 1. The number of ether oxygens (including phenoxy) is 2. The van der Waals surface area contributed by atoms with Gasteiger partial charge >= 0.3 is 0 Å². The molecular weight excluding hydrogens is 198 g/mol. The number of methoxy groups -OCH3 is 2. The van der Waals surface area contributed by atoms with Gasteiger partial charge in [-0.25, -0.2) is 4.98 Å². The van der Waals surface area contributed by atoms with Crippen molar-refractivity contribution in [1.82, 2.24) is 14.4 Å². The van der Waals surface area contributed by atoms with Gasteiger partial charge in [-0.1, -0.05) is 0 Å². The Balaban J connectivity index is 2.71. The molecule has 2 rings (SSSR count). The summed E-state index contributed by atoms with van der Waals surface area (Å²) in [7, 11) is 3.02. The molecule has 6 nitrogen and oxygen atoms in total. The summed E-state index contributed by atoms with van der Waals surface area (Å²) in [6, 6.07) is 1.61. The minimum atomic E-state index is 0.300. The van der Waals surface area contributed by atoms with Crippen LogP contribution in [0.3, 0.4) is 0 Å². The highest BCUT2D eigenvalue weighted by Crippen LogP contribution is 2.19. The first-order valence-corrected chi connectivity index (χ1v) is 4.21. The highest BCUT2D eigenvalue weighted by molar-refractivity contribution is 5.72. The van der Waals surface area contributed by atoms with E-state index in [0.717, 1.165) is 0 Å². The molecule has 0 N–H and O–H groups in total. The van der Waals surface area contributed by atoms with Crippen LogP contribution in [0.25, 0.3) is 5.78 Å². The predicted octanol–water partition coefficient (Wildman–Crippen LogP) is 0.559. The van der Waals surface area contributed by atoms with Gasteiger partial charge in [0.15, 0.2) is 6.29 Å². The Morgan fingerprint density at radius 1 is 1.33 bits per heavy atom. The normalized spacial score (nSPS) is 10.3. The molecule has 2 aromatic heterocycles. The fourth-order valence-electron chi connectivity index (χ4n) is 1.25. The zero-order valence-corrected chi connectivity index (χ0v) is 8.30. The zero-order valence-electron chi connectivity index (χ0n) is 8.30. The van der Waals surface area contributed by atoms with Crippen molar-refractivity contribution in [3.8, 4) is 11.8 Å². The molecule has 0 aliphatic rings. The lowest BCUT2D eigenvalue weighted by Gasteiger charge is -2.04. The summed E-state index contributed by atoms with van der Waals surface area (Å²) in [5.74, 6) is 1.27. The van der Waals surface area contributed by atoms with Crippen LogP contribution in [0.15, 0.2) is 12.3 Å². The summed E-state index contributed by atoms with van der Waals surface area (Å²) in [6.07, 6.45) is 2.20. The minimum Gasteiger partial charge on any atom is -0.482 e. The molecule has 0 atom stereocenters. The molecule has 0 saturated heterocycles. The van der Waals surface area contributed by atoms with E-state index < -0.39 is 0 Å². The monoisotopic (exact) mass is 207 g/mol. The van der Waals surface area contributed by atoms with Crippen molar-refractivity contribution in [2.24, 2.45) is 0 Å². The number of aromatic nitrogens is 3. The highest BCUT2D eigenvalue weighted by Gasteiger charge is 2.09. The Hall–Kier alpha value is -2.11. The van der Waals surface area contributed by atoms with E-state index in [9.17, 15) is 4.79 Å². The largest absolute Gasteiger partial charge is 0.482 e. The summed E-state index contributed by atoms with van der Waals surface area (Å²) in [4.78, 5) is 18.6. The number of hydrogen-bond acceptors (Lipinski definition) is 5. The fraction of sp³-hybridized carbons (Fsp3) is 0.222. The number of rotatable bonds is 3. The summed E-state index contributed by atoms with van der Waals surface area (Å²) < 4.78 is 11.7. The standard InChI is InChI=1S/C9H9N3O3/c1-14-7-3-8(15-2)12-4-6(5-13)10-9(12)11-7/h3-5H,1-2H3. The summed E-state index contributed by atoms with van der Waals surface area (Å²) in [5.41, 5.74) is 0.300. The van der Waals surface area contributed by atoms with Crippen molar-refractivity contribution in [2.45, 2.75) is 0 Å². The average molecular weight is 207 g/mol. The third-order valence-corrected chi connectivity index (χ3v) is 1.94. The number of hydrogen-bond donors (Lipinski definition) is 0. The Kier molecular flexibility index (Phi) is 2.24. The summed E-state index contributed by atoms with van der Waals surface area (Å²) in [6.45, 7) is 0. The van der Waals surface area contributed by atoms with Crippen LogP contribution in [-0.2, 0) is 0 Å². The van der Waals surface area contributed by atoms with E-state index in [1.807, 2.05) is 0 Å². The maximum Gasteiger partial charge on any atom is 0.240 e. The first kappa shape index (κ1) is 9.45. The van der Waals surface area contributed by atoms with Crippen molar-refractivity contribution >= 4 is 12.1 Å². The number of aldehydes is 1. The molecule has 0 amide bonds. The van der Waals surface area contributed by atoms with Gasteiger partial charge in [0.25, 0.3) is 0 Å². The molecule has 78 valence electrons. The Morgan fingerprint density at radius 2 is 2.13 bits per heavy atom. The third kappa shape index (κ3) is 1.50. The van der Waals surface area contributed by atoms with Crippen LogP contribution in [0.5, 0.6) is 11.8 Å². The molecule has 0 unspecified atom stereocenters. The molecule has 6 heteroatoms. The molecule has 0 aromatic carbocycles. The average Bonchev–Trinajstić information content (AvgIpc) is 2.70. The number of imidazole rings is 1. The second kappa shape index (κ2) is 3.56. The molecule has 0 bridgehead atoms. The second-order valence-electron chi connectivity index (χ2n) is 2.79. The van der Waals surface area contributed by atoms with Gasteiger partial charge in [0.1, 0.15) is 5.69 Å². The SMILES string of the molecule is COc1cc(OC)n2cc(C=O)nc2n1. The Bertz CT molecular complexity index is 507. The quantitative estimate of drug-likeness (QED) is 0.688. The molecule has 0 radical (unpaired) electrons. The molecule has 0 aliphatic carbocycles. The molecule has 0 saturated carbocycles. The maximum atomic E-state index is 10.6. The molecule has 2 heterocycles. The van der Waals surface area contributed by atoms with E-state index in [1.54, 1.807) is 16.7 Å². The van der Waals surface area contributed by atoms with Gasteiger partial charge in [-0.05, 0) is 0 Å². The highest BCUT2D eigenvalue weighted by atomic mass is 16.5. The lowest BCUT2D eigenvalue weighted by atomic mass is 10.5. The molecule has 0 spiro atoms. The van der Waals surface area contributed by atoms with Crippen molar-refractivity contribution in [2.75, 3.05) is 14.2 Å². The summed E-state index contributed by atoms with van der Waals surface area (Å²) in [5, 5.41) is 0. The predicted molar refractivity (Wildman–Crippen MR) is 51.5 cm³/mol. The van der Waals surface area contributed by atoms with E-state index >= 15 is 0 Å². The molecule has 2 aromatic rings. The van der Waals surface area contributed by atoms with Gasteiger partial charge in [-0.3, -0.25) is 9.20 Å². The van der Waals surface area contributed by atoms with E-state index in [-0.39, 0.29) is 0 Å². The van der Waals surface area contributed by atoms with Crippen molar-refractivity contribution < 1.29 is 14.3 Å². The molecule has 0 aliphatic heterocycles. The van der Waals surface area contributed by atoms with Gasteiger partial charge < -0.3 is 9.47 Å². The number of nitrogens with zero attached hydrogens (tertiary/aromatic N) is 3. The smallest absolute Gasteiger partial charge is 0.240 e. The van der Waals surface area contributed by atoms with Crippen LogP contribution in [0.4, 0.5) is 0 Å². The fourth-order valence-corrected chi connectivity index (χ4v) is 1.25. The van der Waals surface area contributed by atoms with Crippen molar-refractivity contribution in [3.63, 3.8) is 0 Å². The lowest BCUT2D eigenvalue weighted by molar-refractivity contribution is 0.111. The first-order chi connectivity index (χ1) is 7.28. The Morgan fingerprint density at radius 3 is 2.73 bits per heavy atom. The van der Waals surface area contributed by atoms with Crippen LogP contribution in [0, 0.1) is 0 Å². The van der Waals surface area contributed by atoms with Gasteiger partial charge in [-0.15, -0.1) is 0 Å². The topological polar surface area (TPSA) is 65.7 Å². The van der Waals surface area contributed by atoms with E-state index in [1.165, 1.54) is 14.2 Å². The van der Waals surface area contributed by atoms with E-state index in [0.29, 0.717) is 29.5 Å². The number of carbonyl (C=O) groups is 1. The first-order valence-electron chi connectivity index (χ1n) is 4.21. The van der Waals surface area contributed by atoms with Crippen LogP contribution < -0.4 is 9.47 Å². The van der Waals surface area contributed by atoms with E-state index in [4.69, 9.17) is 9.47 Å². The molecular formula is C9H9N3O3. The second-order valence-corrected chi connectivity index (χ2v) is 2.79. The van der Waals surface area contributed by atoms with Crippen LogP contribution >= 0.6 is 0 Å². The zero-order chi connectivity index (χ0) is 10.8. The Labute approximate surface area is 85.5 Å². The van der Waals surface area contributed by atoms with Gasteiger partial charge in [-0.2, -0.15) is 4.98 Å². The van der Waals surface area contributed by atoms with Crippen LogP contribution in [0.1, 0.15) is 10.5 Å². The van der Waals surface area contributed by atoms with Crippen molar-refractivity contribution in [1.29, 1.82) is 0 Å². The van der Waals surface area contributed by atoms with Gasteiger partial charge in [0.05, 0.1) is 20.3 Å².